The van der Waals surface area contributed by atoms with E-state index in [2.05, 4.69) is 33.1 Å². The van der Waals surface area contributed by atoms with Crippen LogP contribution in [-0.2, 0) is 6.54 Å². The maximum atomic E-state index is 13.5. The van der Waals surface area contributed by atoms with Crippen molar-refractivity contribution in [3.63, 3.8) is 0 Å². The fourth-order valence-corrected chi connectivity index (χ4v) is 4.11. The highest BCUT2D eigenvalue weighted by atomic mass is 19.1. The molecule has 0 saturated carbocycles. The molecule has 1 aliphatic rings. The van der Waals surface area contributed by atoms with Crippen LogP contribution in [0.25, 0.3) is 22.2 Å². The molecule has 140 valence electrons. The van der Waals surface area contributed by atoms with Gasteiger partial charge in [-0.1, -0.05) is 18.2 Å². The van der Waals surface area contributed by atoms with Gasteiger partial charge in [-0.3, -0.25) is 9.88 Å². The van der Waals surface area contributed by atoms with Gasteiger partial charge >= 0.3 is 0 Å². The number of hydrogen-bond acceptors (Lipinski definition) is 3. The highest BCUT2D eigenvalue weighted by Crippen LogP contribution is 2.33. The summed E-state index contributed by atoms with van der Waals surface area (Å²) in [6.07, 6.45) is 5.80. The van der Waals surface area contributed by atoms with Crippen LogP contribution in [0.5, 0.6) is 0 Å². The van der Waals surface area contributed by atoms with Gasteiger partial charge in [0.2, 0.25) is 0 Å². The van der Waals surface area contributed by atoms with Gasteiger partial charge < -0.3 is 4.98 Å². The van der Waals surface area contributed by atoms with Gasteiger partial charge in [0, 0.05) is 18.9 Å². The Bertz CT molecular complexity index is 1110. The van der Waals surface area contributed by atoms with Crippen LogP contribution in [0.2, 0.25) is 0 Å². The number of pyridine rings is 1. The summed E-state index contributed by atoms with van der Waals surface area (Å²) in [5, 5.41) is 0. The Morgan fingerprint density at radius 1 is 1.04 bits per heavy atom. The van der Waals surface area contributed by atoms with Gasteiger partial charge in [-0.25, -0.2) is 9.37 Å². The molecule has 0 amide bonds. The second-order valence-electron chi connectivity index (χ2n) is 7.35. The molecule has 1 atom stereocenters. The topological polar surface area (TPSA) is 44.8 Å². The minimum Gasteiger partial charge on any atom is -0.341 e. The summed E-state index contributed by atoms with van der Waals surface area (Å²) in [6.45, 7) is 1.74. The van der Waals surface area contributed by atoms with E-state index in [1.807, 2.05) is 18.2 Å². The minimum atomic E-state index is -0.180. The zero-order valence-corrected chi connectivity index (χ0v) is 15.5. The van der Waals surface area contributed by atoms with Gasteiger partial charge in [0.25, 0.3) is 0 Å². The van der Waals surface area contributed by atoms with Crippen LogP contribution < -0.4 is 0 Å². The molecule has 28 heavy (non-hydrogen) atoms. The normalized spacial score (nSPS) is 17.4. The molecule has 1 fully saturated rings. The Labute approximate surface area is 163 Å². The van der Waals surface area contributed by atoms with Crippen molar-refractivity contribution in [2.24, 2.45) is 0 Å². The standard InChI is InChI=1S/C23H21FN4/c24-19-4-1-3-16(13-19)15-28-12-2-5-22(28)23-26-20-7-6-18(14-21(20)27-23)17-8-10-25-11-9-17/h1,3-4,6-11,13-14,22H,2,5,12,15H2,(H,26,27)/t22-/m0/s1. The van der Waals surface area contributed by atoms with Crippen molar-refractivity contribution in [3.05, 3.63) is 84.2 Å². The van der Waals surface area contributed by atoms with Crippen molar-refractivity contribution in [1.82, 2.24) is 19.9 Å². The monoisotopic (exact) mass is 372 g/mol. The molecule has 5 rings (SSSR count). The van der Waals surface area contributed by atoms with Gasteiger partial charge in [-0.2, -0.15) is 0 Å². The highest BCUT2D eigenvalue weighted by Gasteiger charge is 2.28. The zero-order valence-electron chi connectivity index (χ0n) is 15.5. The summed E-state index contributed by atoms with van der Waals surface area (Å²) in [7, 11) is 0. The molecule has 0 radical (unpaired) electrons. The van der Waals surface area contributed by atoms with E-state index in [1.54, 1.807) is 24.5 Å². The van der Waals surface area contributed by atoms with Crippen LogP contribution in [-0.4, -0.2) is 26.4 Å². The number of aromatic amines is 1. The number of nitrogens with one attached hydrogen (secondary N) is 1. The van der Waals surface area contributed by atoms with Gasteiger partial charge in [0.05, 0.1) is 17.1 Å². The molecule has 3 heterocycles. The van der Waals surface area contributed by atoms with E-state index < -0.39 is 0 Å². The Balaban J connectivity index is 1.43. The molecule has 0 aliphatic carbocycles. The number of likely N-dealkylation sites (tertiary alicyclic amines) is 1. The van der Waals surface area contributed by atoms with Crippen LogP contribution in [0.4, 0.5) is 4.39 Å². The van der Waals surface area contributed by atoms with Crippen molar-refractivity contribution in [3.8, 4) is 11.1 Å². The summed E-state index contributed by atoms with van der Waals surface area (Å²) in [4.78, 5) is 14.9. The second kappa shape index (κ2) is 7.17. The Kier molecular flexibility index (Phi) is 4.37. The number of hydrogen-bond donors (Lipinski definition) is 1. The largest absolute Gasteiger partial charge is 0.341 e. The van der Waals surface area contributed by atoms with E-state index in [0.29, 0.717) is 0 Å². The van der Waals surface area contributed by atoms with Crippen LogP contribution in [0.15, 0.2) is 67.0 Å². The van der Waals surface area contributed by atoms with Crippen molar-refractivity contribution >= 4 is 11.0 Å². The average molecular weight is 372 g/mol. The molecule has 5 heteroatoms. The summed E-state index contributed by atoms with van der Waals surface area (Å²) < 4.78 is 13.5. The molecular weight excluding hydrogens is 351 g/mol. The zero-order chi connectivity index (χ0) is 18.9. The highest BCUT2D eigenvalue weighted by molar-refractivity contribution is 5.82. The number of rotatable bonds is 4. The Morgan fingerprint density at radius 3 is 2.79 bits per heavy atom. The molecule has 4 aromatic rings. The number of fused-ring (bicyclic) bond motifs is 1. The van der Waals surface area contributed by atoms with Crippen molar-refractivity contribution in [2.45, 2.75) is 25.4 Å². The number of halogens is 1. The molecule has 1 saturated heterocycles. The fourth-order valence-electron chi connectivity index (χ4n) is 4.11. The first-order valence-corrected chi connectivity index (χ1v) is 9.65. The van der Waals surface area contributed by atoms with Crippen molar-refractivity contribution in [2.75, 3.05) is 6.54 Å². The van der Waals surface area contributed by atoms with Crippen LogP contribution in [0, 0.1) is 5.82 Å². The number of H-pyrrole nitrogens is 1. The first kappa shape index (κ1) is 17.1. The van der Waals surface area contributed by atoms with Crippen molar-refractivity contribution < 1.29 is 4.39 Å². The third kappa shape index (κ3) is 3.29. The SMILES string of the molecule is Fc1cccc(CN2CCC[C@H]2c2nc3ccc(-c4ccncc4)cc3[nH]2)c1. The molecule has 1 aliphatic heterocycles. The van der Waals surface area contributed by atoms with Gasteiger partial charge in [0.15, 0.2) is 0 Å². The third-order valence-electron chi connectivity index (χ3n) is 5.47. The van der Waals surface area contributed by atoms with Gasteiger partial charge in [-0.15, -0.1) is 0 Å². The lowest BCUT2D eigenvalue weighted by Gasteiger charge is -2.22. The summed E-state index contributed by atoms with van der Waals surface area (Å²) >= 11 is 0. The van der Waals surface area contributed by atoms with E-state index in [1.165, 1.54) is 6.07 Å². The smallest absolute Gasteiger partial charge is 0.124 e. The number of aromatic nitrogens is 3. The van der Waals surface area contributed by atoms with E-state index in [-0.39, 0.29) is 11.9 Å². The molecule has 2 aromatic carbocycles. The number of nitrogens with zero attached hydrogens (tertiary/aromatic N) is 3. The number of benzene rings is 2. The van der Waals surface area contributed by atoms with E-state index in [4.69, 9.17) is 4.98 Å². The minimum absolute atomic E-state index is 0.180. The quantitative estimate of drug-likeness (QED) is 0.542. The van der Waals surface area contributed by atoms with Gasteiger partial charge in [0.1, 0.15) is 11.6 Å². The Morgan fingerprint density at radius 2 is 1.93 bits per heavy atom. The van der Waals surface area contributed by atoms with E-state index >= 15 is 0 Å². The first-order chi connectivity index (χ1) is 13.8. The van der Waals surface area contributed by atoms with Crippen LogP contribution in [0.1, 0.15) is 30.3 Å². The molecule has 1 N–H and O–H groups in total. The molecular formula is C23H21FN4. The summed E-state index contributed by atoms with van der Waals surface area (Å²) in [5.41, 5.74) is 5.31. The predicted octanol–water partition coefficient (Wildman–Crippen LogP) is 5.10. The molecule has 2 aromatic heterocycles. The molecule has 4 nitrogen and oxygen atoms in total. The molecule has 0 spiro atoms. The lowest BCUT2D eigenvalue weighted by Crippen LogP contribution is -2.23. The predicted molar refractivity (Wildman–Crippen MR) is 108 cm³/mol. The summed E-state index contributed by atoms with van der Waals surface area (Å²) in [6, 6.07) is 17.4. The average Bonchev–Trinajstić information content (AvgIpc) is 3.34. The Hall–Kier alpha value is -3.05. The van der Waals surface area contributed by atoms with Crippen LogP contribution >= 0.6 is 0 Å². The van der Waals surface area contributed by atoms with Crippen molar-refractivity contribution in [1.29, 1.82) is 0 Å². The summed E-state index contributed by atoms with van der Waals surface area (Å²) in [5.74, 6) is 0.816. The third-order valence-corrected chi connectivity index (χ3v) is 5.47. The molecule has 0 bridgehead atoms. The van der Waals surface area contributed by atoms with E-state index in [0.717, 1.165) is 59.5 Å². The molecule has 0 unspecified atom stereocenters. The maximum Gasteiger partial charge on any atom is 0.124 e. The van der Waals surface area contributed by atoms with E-state index in [9.17, 15) is 4.39 Å². The fraction of sp³-hybridized carbons (Fsp3) is 0.217. The lowest BCUT2D eigenvalue weighted by atomic mass is 10.1. The van der Waals surface area contributed by atoms with Crippen LogP contribution in [0.3, 0.4) is 0 Å². The second-order valence-corrected chi connectivity index (χ2v) is 7.35. The first-order valence-electron chi connectivity index (χ1n) is 9.65. The number of imidazole rings is 1. The van der Waals surface area contributed by atoms with Gasteiger partial charge in [-0.05, 0) is 72.5 Å². The lowest BCUT2D eigenvalue weighted by molar-refractivity contribution is 0.241. The maximum absolute atomic E-state index is 13.5.